The van der Waals surface area contributed by atoms with Gasteiger partial charge in [0.25, 0.3) is 5.91 Å². The van der Waals surface area contributed by atoms with Crippen LogP contribution < -0.4 is 5.32 Å². The minimum absolute atomic E-state index is 0.126. The molecule has 0 spiro atoms. The highest BCUT2D eigenvalue weighted by molar-refractivity contribution is 6.06. The summed E-state index contributed by atoms with van der Waals surface area (Å²) in [6.45, 7) is 6.00. The zero-order chi connectivity index (χ0) is 20.2. The lowest BCUT2D eigenvalue weighted by Gasteiger charge is -2.18. The molecule has 27 heavy (non-hydrogen) atoms. The first-order valence-corrected chi connectivity index (χ1v) is 8.25. The molecule has 142 valence electrons. The minimum atomic E-state index is -0.629. The number of nitrogens with zero attached hydrogens (tertiary/aromatic N) is 1. The van der Waals surface area contributed by atoms with E-state index >= 15 is 0 Å². The van der Waals surface area contributed by atoms with Gasteiger partial charge in [-0.15, -0.1) is 0 Å². The van der Waals surface area contributed by atoms with E-state index in [0.717, 1.165) is 5.69 Å². The van der Waals surface area contributed by atoms with Gasteiger partial charge in [0.05, 0.1) is 25.3 Å². The van der Waals surface area contributed by atoms with Gasteiger partial charge in [0, 0.05) is 28.6 Å². The van der Waals surface area contributed by atoms with Crippen molar-refractivity contribution in [3.63, 3.8) is 0 Å². The summed E-state index contributed by atoms with van der Waals surface area (Å²) in [4.78, 5) is 40.6. The molecular formula is C20H22N2O5. The molecule has 2 rings (SSSR count). The second-order valence-corrected chi connectivity index (χ2v) is 6.92. The zero-order valence-corrected chi connectivity index (χ0v) is 16.0. The highest BCUT2D eigenvalue weighted by Gasteiger charge is 2.19. The molecule has 1 N–H and O–H groups in total. The Balaban J connectivity index is 2.37. The maximum absolute atomic E-state index is 12.6. The molecule has 0 unspecified atom stereocenters. The number of ether oxygens (including phenoxy) is 2. The molecule has 0 radical (unpaired) electrons. The third-order valence-electron chi connectivity index (χ3n) is 3.82. The zero-order valence-electron chi connectivity index (χ0n) is 16.0. The lowest BCUT2D eigenvalue weighted by Crippen LogP contribution is -2.18. The molecule has 1 amide bonds. The summed E-state index contributed by atoms with van der Waals surface area (Å²) in [5, 5.41) is 2.69. The van der Waals surface area contributed by atoms with Crippen LogP contribution in [-0.2, 0) is 14.9 Å². The van der Waals surface area contributed by atoms with Gasteiger partial charge in [-0.1, -0.05) is 20.8 Å². The van der Waals surface area contributed by atoms with Crippen LogP contribution in [0.5, 0.6) is 0 Å². The van der Waals surface area contributed by atoms with Crippen molar-refractivity contribution in [2.75, 3.05) is 19.5 Å². The topological polar surface area (TPSA) is 94.6 Å². The largest absolute Gasteiger partial charge is 0.465 e. The molecule has 1 aromatic carbocycles. The quantitative estimate of drug-likeness (QED) is 0.831. The van der Waals surface area contributed by atoms with E-state index in [2.05, 4.69) is 10.3 Å². The fourth-order valence-electron chi connectivity index (χ4n) is 2.36. The number of hydrogen-bond donors (Lipinski definition) is 1. The Labute approximate surface area is 157 Å². The van der Waals surface area contributed by atoms with Gasteiger partial charge in [0.15, 0.2) is 0 Å². The Morgan fingerprint density at radius 1 is 0.889 bits per heavy atom. The molecule has 7 heteroatoms. The molecule has 0 aliphatic carbocycles. The van der Waals surface area contributed by atoms with Crippen molar-refractivity contribution in [3.05, 3.63) is 58.9 Å². The second kappa shape index (κ2) is 7.99. The van der Waals surface area contributed by atoms with Crippen LogP contribution in [0.3, 0.4) is 0 Å². The smallest absolute Gasteiger partial charge is 0.337 e. The number of rotatable bonds is 4. The van der Waals surface area contributed by atoms with Gasteiger partial charge in [-0.3, -0.25) is 9.78 Å². The third-order valence-corrected chi connectivity index (χ3v) is 3.82. The molecular weight excluding hydrogens is 348 g/mol. The maximum atomic E-state index is 12.6. The van der Waals surface area contributed by atoms with Crippen molar-refractivity contribution in [2.24, 2.45) is 0 Å². The van der Waals surface area contributed by atoms with E-state index in [4.69, 9.17) is 9.47 Å². The lowest BCUT2D eigenvalue weighted by molar-refractivity contribution is 0.0599. The Bertz CT molecular complexity index is 850. The predicted octanol–water partition coefficient (Wildman–Crippen LogP) is 3.20. The number of nitrogens with one attached hydrogen (secondary N) is 1. The lowest BCUT2D eigenvalue weighted by atomic mass is 9.91. The molecule has 0 aliphatic rings. The Morgan fingerprint density at radius 3 is 1.93 bits per heavy atom. The number of carbonyl (C=O) groups excluding carboxylic acids is 3. The van der Waals surface area contributed by atoms with Crippen molar-refractivity contribution in [2.45, 2.75) is 26.2 Å². The number of hydrogen-bond acceptors (Lipinski definition) is 6. The van der Waals surface area contributed by atoms with Gasteiger partial charge in [-0.25, -0.2) is 9.59 Å². The molecule has 2 aromatic rings. The van der Waals surface area contributed by atoms with Crippen molar-refractivity contribution >= 4 is 23.5 Å². The first-order valence-electron chi connectivity index (χ1n) is 8.25. The molecule has 7 nitrogen and oxygen atoms in total. The van der Waals surface area contributed by atoms with Crippen molar-refractivity contribution < 1.29 is 23.9 Å². The molecule has 0 saturated heterocycles. The van der Waals surface area contributed by atoms with Crippen LogP contribution in [0.4, 0.5) is 5.69 Å². The van der Waals surface area contributed by atoms with Crippen LogP contribution in [0.2, 0.25) is 0 Å². The average Bonchev–Trinajstić information content (AvgIpc) is 2.65. The SMILES string of the molecule is COC(=O)c1cc(NC(=O)c2ccnc(C(C)(C)C)c2)cc(C(=O)OC)c1. The van der Waals surface area contributed by atoms with Gasteiger partial charge < -0.3 is 14.8 Å². The first-order chi connectivity index (χ1) is 12.7. The number of benzene rings is 1. The molecule has 1 aromatic heterocycles. The van der Waals surface area contributed by atoms with Crippen LogP contribution in [0.25, 0.3) is 0 Å². The third kappa shape index (κ3) is 4.91. The summed E-state index contributed by atoms with van der Waals surface area (Å²) in [6.07, 6.45) is 1.57. The molecule has 0 fully saturated rings. The summed E-state index contributed by atoms with van der Waals surface area (Å²) >= 11 is 0. The molecule has 0 atom stereocenters. The van der Waals surface area contributed by atoms with Crippen molar-refractivity contribution in [1.82, 2.24) is 4.98 Å². The van der Waals surface area contributed by atoms with Gasteiger partial charge in [0.1, 0.15) is 0 Å². The summed E-state index contributed by atoms with van der Waals surface area (Å²) in [5.74, 6) is -1.65. The standard InChI is InChI=1S/C20H22N2O5/c1-20(2,3)16-11-12(6-7-21-16)17(23)22-15-9-13(18(24)26-4)8-14(10-15)19(25)27-5/h6-11H,1-5H3,(H,22,23). The normalized spacial score (nSPS) is 10.9. The van der Waals surface area contributed by atoms with Gasteiger partial charge in [0.2, 0.25) is 0 Å². The van der Waals surface area contributed by atoms with Crippen LogP contribution in [0.1, 0.15) is 57.5 Å². The first kappa shape index (κ1) is 20.1. The predicted molar refractivity (Wildman–Crippen MR) is 100 cm³/mol. The van der Waals surface area contributed by atoms with Gasteiger partial charge in [-0.05, 0) is 30.3 Å². The van der Waals surface area contributed by atoms with Crippen LogP contribution in [-0.4, -0.2) is 37.0 Å². The average molecular weight is 370 g/mol. The highest BCUT2D eigenvalue weighted by atomic mass is 16.5. The number of esters is 2. The van der Waals surface area contributed by atoms with Gasteiger partial charge in [-0.2, -0.15) is 0 Å². The Kier molecular flexibility index (Phi) is 5.95. The number of methoxy groups -OCH3 is 2. The fourth-order valence-corrected chi connectivity index (χ4v) is 2.36. The number of pyridine rings is 1. The van der Waals surface area contributed by atoms with Crippen LogP contribution in [0.15, 0.2) is 36.5 Å². The van der Waals surface area contributed by atoms with E-state index < -0.39 is 11.9 Å². The van der Waals surface area contributed by atoms with Gasteiger partial charge >= 0.3 is 11.9 Å². The highest BCUT2D eigenvalue weighted by Crippen LogP contribution is 2.22. The van der Waals surface area contributed by atoms with Crippen molar-refractivity contribution in [1.29, 1.82) is 0 Å². The van der Waals surface area contributed by atoms with Crippen molar-refractivity contribution in [3.8, 4) is 0 Å². The Morgan fingerprint density at radius 2 is 1.44 bits per heavy atom. The number of aromatic nitrogens is 1. The summed E-state index contributed by atoms with van der Waals surface area (Å²) in [6, 6.07) is 7.51. The molecule has 1 heterocycles. The minimum Gasteiger partial charge on any atom is -0.465 e. The van der Waals surface area contributed by atoms with E-state index in [9.17, 15) is 14.4 Å². The number of carbonyl (C=O) groups is 3. The van der Waals surface area contributed by atoms with E-state index in [1.165, 1.54) is 32.4 Å². The van der Waals surface area contributed by atoms with E-state index in [0.29, 0.717) is 5.56 Å². The van der Waals surface area contributed by atoms with E-state index in [1.807, 2.05) is 20.8 Å². The summed E-state index contributed by atoms with van der Waals surface area (Å²) in [5.41, 5.74) is 1.50. The molecule has 0 bridgehead atoms. The molecule has 0 saturated carbocycles. The fraction of sp³-hybridized carbons (Fsp3) is 0.300. The maximum Gasteiger partial charge on any atom is 0.337 e. The van der Waals surface area contributed by atoms with Crippen LogP contribution >= 0.6 is 0 Å². The summed E-state index contributed by atoms with van der Waals surface area (Å²) in [7, 11) is 2.47. The Hall–Kier alpha value is -3.22. The van der Waals surface area contributed by atoms with Crippen LogP contribution in [0, 0.1) is 0 Å². The number of amides is 1. The van der Waals surface area contributed by atoms with E-state index in [-0.39, 0.29) is 28.1 Å². The van der Waals surface area contributed by atoms with E-state index in [1.54, 1.807) is 18.3 Å². The number of anilines is 1. The molecule has 0 aliphatic heterocycles. The summed E-state index contributed by atoms with van der Waals surface area (Å²) < 4.78 is 9.38. The monoisotopic (exact) mass is 370 g/mol. The second-order valence-electron chi connectivity index (χ2n) is 6.92.